The van der Waals surface area contributed by atoms with Crippen LogP contribution in [-0.2, 0) is 10.9 Å². The molecule has 3 heterocycles. The van der Waals surface area contributed by atoms with E-state index in [2.05, 4.69) is 20.4 Å². The third kappa shape index (κ3) is 5.05. The first-order valence-electron chi connectivity index (χ1n) is 12.0. The molecule has 5 nitrogen and oxygen atoms in total. The Labute approximate surface area is 196 Å². The Kier molecular flexibility index (Phi) is 6.50. The second-order valence-corrected chi connectivity index (χ2v) is 10.1. The van der Waals surface area contributed by atoms with Crippen molar-refractivity contribution in [3.8, 4) is 11.3 Å². The summed E-state index contributed by atoms with van der Waals surface area (Å²) < 4.78 is 60.9. The number of hydrogen-bond acceptors (Lipinski definition) is 5. The minimum atomic E-state index is -4.59. The van der Waals surface area contributed by atoms with Gasteiger partial charge in [-0.3, -0.25) is 0 Å². The topological polar surface area (TPSA) is 50.3 Å². The summed E-state index contributed by atoms with van der Waals surface area (Å²) in [5.41, 5.74) is 0.101. The van der Waals surface area contributed by atoms with Crippen LogP contribution in [0.2, 0.25) is 0 Å². The first kappa shape index (κ1) is 23.5. The zero-order valence-electron chi connectivity index (χ0n) is 19.2. The van der Waals surface area contributed by atoms with E-state index in [0.717, 1.165) is 64.6 Å². The van der Waals surface area contributed by atoms with Gasteiger partial charge in [-0.1, -0.05) is 6.07 Å². The molecule has 34 heavy (non-hydrogen) atoms. The predicted octanol–water partition coefficient (Wildman–Crippen LogP) is 5.16. The summed E-state index contributed by atoms with van der Waals surface area (Å²) in [6.07, 6.45) is -0.708. The smallest absolute Gasteiger partial charge is 0.381 e. The minimum Gasteiger partial charge on any atom is -0.381 e. The monoisotopic (exact) mass is 478 g/mol. The average molecular weight is 479 g/mol. The zero-order valence-corrected chi connectivity index (χ0v) is 19.2. The number of halogens is 4. The number of nitrogens with one attached hydrogen (secondary N) is 1. The summed E-state index contributed by atoms with van der Waals surface area (Å²) in [6, 6.07) is 4.90. The van der Waals surface area contributed by atoms with Gasteiger partial charge in [0.15, 0.2) is 5.82 Å². The van der Waals surface area contributed by atoms with Crippen molar-refractivity contribution in [2.24, 2.45) is 17.8 Å². The quantitative estimate of drug-likeness (QED) is 0.602. The number of rotatable bonds is 5. The van der Waals surface area contributed by atoms with Crippen molar-refractivity contribution in [3.05, 3.63) is 41.2 Å². The number of anilines is 1. The molecule has 2 unspecified atom stereocenters. The van der Waals surface area contributed by atoms with E-state index in [1.807, 2.05) is 0 Å². The van der Waals surface area contributed by atoms with Crippen molar-refractivity contribution in [2.45, 2.75) is 44.8 Å². The standard InChI is InChI=1S/C25H30F4N4O/c1-15-2-3-19(26)10-21(15)23-11-22(25(27,28)29)24(32-31-23)30-20-8-17-13-33(14-18(17)9-20)12-16-4-6-34-7-5-16/h2-3,10-11,16-18,20H,4-9,12-14H2,1H3,(H,30,32). The van der Waals surface area contributed by atoms with Crippen LogP contribution in [0.5, 0.6) is 0 Å². The number of hydrogen-bond donors (Lipinski definition) is 1. The minimum absolute atomic E-state index is 0.0157. The van der Waals surface area contributed by atoms with E-state index in [1.165, 1.54) is 18.2 Å². The Hall–Kier alpha value is -2.26. The molecule has 1 aromatic heterocycles. The van der Waals surface area contributed by atoms with E-state index >= 15 is 0 Å². The van der Waals surface area contributed by atoms with E-state index in [0.29, 0.717) is 28.9 Å². The molecule has 2 aromatic rings. The molecule has 0 amide bonds. The van der Waals surface area contributed by atoms with Crippen LogP contribution in [0, 0.1) is 30.5 Å². The molecule has 1 aliphatic carbocycles. The maximum atomic E-state index is 13.9. The molecule has 0 bridgehead atoms. The SMILES string of the molecule is Cc1ccc(F)cc1-c1cc(C(F)(F)F)c(NC2CC3CN(CC4CCOCC4)CC3C2)nn1. The number of nitrogens with zero attached hydrogens (tertiary/aromatic N) is 3. The Morgan fingerprint density at radius 3 is 2.44 bits per heavy atom. The van der Waals surface area contributed by atoms with Gasteiger partial charge in [0.1, 0.15) is 11.4 Å². The van der Waals surface area contributed by atoms with Crippen molar-refractivity contribution in [2.75, 3.05) is 38.2 Å². The lowest BCUT2D eigenvalue weighted by Crippen LogP contribution is -2.32. The molecule has 1 N–H and O–H groups in total. The van der Waals surface area contributed by atoms with Crippen molar-refractivity contribution >= 4 is 5.82 Å². The number of ether oxygens (including phenoxy) is 1. The highest BCUT2D eigenvalue weighted by Gasteiger charge is 2.43. The molecular weight excluding hydrogens is 448 g/mol. The van der Waals surface area contributed by atoms with Crippen LogP contribution in [0.25, 0.3) is 11.3 Å². The molecule has 3 fully saturated rings. The highest BCUT2D eigenvalue weighted by atomic mass is 19.4. The van der Waals surface area contributed by atoms with Crippen molar-refractivity contribution in [3.63, 3.8) is 0 Å². The van der Waals surface area contributed by atoms with Gasteiger partial charge in [-0.25, -0.2) is 4.39 Å². The summed E-state index contributed by atoms with van der Waals surface area (Å²) in [5.74, 6) is 0.907. The van der Waals surface area contributed by atoms with Gasteiger partial charge in [0, 0.05) is 44.5 Å². The maximum absolute atomic E-state index is 13.9. The van der Waals surface area contributed by atoms with E-state index < -0.39 is 17.6 Å². The molecule has 2 saturated heterocycles. The molecule has 0 radical (unpaired) electrons. The van der Waals surface area contributed by atoms with E-state index in [-0.39, 0.29) is 17.6 Å². The van der Waals surface area contributed by atoms with Gasteiger partial charge in [0.2, 0.25) is 0 Å². The lowest BCUT2D eigenvalue weighted by atomic mass is 10.00. The first-order chi connectivity index (χ1) is 16.3. The first-order valence-corrected chi connectivity index (χ1v) is 12.0. The normalized spacial score (nSPS) is 26.1. The lowest BCUT2D eigenvalue weighted by Gasteiger charge is -2.28. The van der Waals surface area contributed by atoms with Crippen LogP contribution >= 0.6 is 0 Å². The van der Waals surface area contributed by atoms with E-state index in [1.54, 1.807) is 6.92 Å². The van der Waals surface area contributed by atoms with Gasteiger partial charge in [0.05, 0.1) is 5.69 Å². The van der Waals surface area contributed by atoms with Gasteiger partial charge in [0.25, 0.3) is 0 Å². The molecule has 2 aliphatic heterocycles. The average Bonchev–Trinajstić information content (AvgIpc) is 3.33. The van der Waals surface area contributed by atoms with Crippen LogP contribution in [0.15, 0.2) is 24.3 Å². The number of aryl methyl sites for hydroxylation is 1. The molecule has 1 saturated carbocycles. The summed E-state index contributed by atoms with van der Waals surface area (Å²) in [4.78, 5) is 2.53. The van der Waals surface area contributed by atoms with Gasteiger partial charge in [-0.05, 0) is 74.1 Å². The molecule has 0 spiro atoms. The zero-order chi connectivity index (χ0) is 23.9. The van der Waals surface area contributed by atoms with Crippen LogP contribution < -0.4 is 5.32 Å². The van der Waals surface area contributed by atoms with E-state index in [4.69, 9.17) is 4.74 Å². The van der Waals surface area contributed by atoms with Gasteiger partial charge in [-0.2, -0.15) is 13.2 Å². The highest BCUT2D eigenvalue weighted by molar-refractivity contribution is 5.65. The van der Waals surface area contributed by atoms with Gasteiger partial charge >= 0.3 is 6.18 Å². The summed E-state index contributed by atoms with van der Waals surface area (Å²) in [7, 11) is 0. The molecule has 1 aromatic carbocycles. The van der Waals surface area contributed by atoms with Crippen LogP contribution in [0.1, 0.15) is 36.8 Å². The van der Waals surface area contributed by atoms with E-state index in [9.17, 15) is 17.6 Å². The summed E-state index contributed by atoms with van der Waals surface area (Å²) >= 11 is 0. The number of aromatic nitrogens is 2. The van der Waals surface area contributed by atoms with Gasteiger partial charge in [-0.15, -0.1) is 10.2 Å². The van der Waals surface area contributed by atoms with Crippen LogP contribution in [-0.4, -0.2) is 54.0 Å². The number of likely N-dealkylation sites (tertiary alicyclic amines) is 1. The molecule has 2 atom stereocenters. The third-order valence-corrected chi connectivity index (χ3v) is 7.60. The molecule has 9 heteroatoms. The summed E-state index contributed by atoms with van der Waals surface area (Å²) in [6.45, 7) is 6.51. The maximum Gasteiger partial charge on any atom is 0.420 e. The Morgan fingerprint density at radius 2 is 1.76 bits per heavy atom. The number of benzene rings is 1. The van der Waals surface area contributed by atoms with Gasteiger partial charge < -0.3 is 15.0 Å². The van der Waals surface area contributed by atoms with Crippen molar-refractivity contribution in [1.82, 2.24) is 15.1 Å². The summed E-state index contributed by atoms with van der Waals surface area (Å²) in [5, 5.41) is 11.0. The van der Waals surface area contributed by atoms with Crippen molar-refractivity contribution in [1.29, 1.82) is 0 Å². The number of alkyl halides is 3. The molecule has 3 aliphatic rings. The molecule has 5 rings (SSSR count). The fourth-order valence-corrected chi connectivity index (χ4v) is 5.87. The fraction of sp³-hybridized carbons (Fsp3) is 0.600. The predicted molar refractivity (Wildman–Crippen MR) is 121 cm³/mol. The fourth-order valence-electron chi connectivity index (χ4n) is 5.87. The Bertz CT molecular complexity index is 1010. The molecule has 184 valence electrons. The van der Waals surface area contributed by atoms with Crippen molar-refractivity contribution < 1.29 is 22.3 Å². The second kappa shape index (κ2) is 9.41. The molecular formula is C25H30F4N4O. The third-order valence-electron chi connectivity index (χ3n) is 7.60. The second-order valence-electron chi connectivity index (χ2n) is 10.1. The Balaban J connectivity index is 1.26. The van der Waals surface area contributed by atoms with Crippen LogP contribution in [0.3, 0.4) is 0 Å². The highest BCUT2D eigenvalue weighted by Crippen LogP contribution is 2.42. The Morgan fingerprint density at radius 1 is 1.06 bits per heavy atom. The number of fused-ring (bicyclic) bond motifs is 1. The lowest BCUT2D eigenvalue weighted by molar-refractivity contribution is -0.137. The van der Waals surface area contributed by atoms with Crippen LogP contribution in [0.4, 0.5) is 23.4 Å². The largest absolute Gasteiger partial charge is 0.420 e.